The van der Waals surface area contributed by atoms with E-state index in [4.69, 9.17) is 5.84 Å². The fraction of sp³-hybridized carbons (Fsp3) is 0.200. The van der Waals surface area contributed by atoms with E-state index in [0.717, 1.165) is 22.3 Å². The van der Waals surface area contributed by atoms with Crippen molar-refractivity contribution in [3.8, 4) is 0 Å². The van der Waals surface area contributed by atoms with E-state index >= 15 is 0 Å². The molecule has 0 aliphatic heterocycles. The first-order chi connectivity index (χ1) is 9.02. The van der Waals surface area contributed by atoms with Crippen LogP contribution in [-0.2, 0) is 0 Å². The van der Waals surface area contributed by atoms with Crippen LogP contribution in [-0.4, -0.2) is 0 Å². The highest BCUT2D eigenvalue weighted by atomic mass is 79.9. The Morgan fingerprint density at radius 3 is 2.37 bits per heavy atom. The molecule has 2 aromatic rings. The van der Waals surface area contributed by atoms with Gasteiger partial charge in [-0.3, -0.25) is 5.84 Å². The molecule has 4 heteroatoms. The van der Waals surface area contributed by atoms with Crippen LogP contribution in [0.1, 0.15) is 28.3 Å². The maximum Gasteiger partial charge on any atom is 0.137 e. The maximum atomic E-state index is 13.6. The first-order valence-corrected chi connectivity index (χ1v) is 6.80. The quantitative estimate of drug-likeness (QED) is 0.667. The summed E-state index contributed by atoms with van der Waals surface area (Å²) in [5, 5.41) is 0. The molecule has 0 amide bonds. The van der Waals surface area contributed by atoms with E-state index < -0.39 is 0 Å². The third-order valence-corrected chi connectivity index (χ3v) is 3.87. The molecule has 0 aliphatic carbocycles. The van der Waals surface area contributed by atoms with Crippen molar-refractivity contribution in [2.45, 2.75) is 19.9 Å². The summed E-state index contributed by atoms with van der Waals surface area (Å²) < 4.78 is 14.1. The molecule has 0 spiro atoms. The van der Waals surface area contributed by atoms with Gasteiger partial charge in [-0.05, 0) is 47.0 Å². The van der Waals surface area contributed by atoms with Gasteiger partial charge in [-0.1, -0.05) is 41.5 Å². The molecule has 0 radical (unpaired) electrons. The summed E-state index contributed by atoms with van der Waals surface area (Å²) in [6, 6.07) is 10.9. The van der Waals surface area contributed by atoms with Crippen molar-refractivity contribution in [1.29, 1.82) is 0 Å². The van der Waals surface area contributed by atoms with Gasteiger partial charge >= 0.3 is 0 Å². The number of nitrogens with two attached hydrogens (primary N) is 1. The van der Waals surface area contributed by atoms with Crippen molar-refractivity contribution in [3.63, 3.8) is 0 Å². The summed E-state index contributed by atoms with van der Waals surface area (Å²) in [7, 11) is 0. The summed E-state index contributed by atoms with van der Waals surface area (Å²) in [6.07, 6.45) is 0. The van der Waals surface area contributed by atoms with E-state index in [1.54, 1.807) is 6.07 Å². The summed E-state index contributed by atoms with van der Waals surface area (Å²) in [5.41, 5.74) is 6.88. The van der Waals surface area contributed by atoms with E-state index in [1.165, 1.54) is 6.07 Å². The molecule has 2 rings (SSSR count). The third-order valence-electron chi connectivity index (χ3n) is 3.04. The minimum atomic E-state index is -0.290. The van der Waals surface area contributed by atoms with Gasteiger partial charge < -0.3 is 0 Å². The first-order valence-electron chi connectivity index (χ1n) is 6.01. The number of aryl methyl sites for hydroxylation is 2. The molecule has 3 N–H and O–H groups in total. The first kappa shape index (κ1) is 14.2. The molecule has 1 atom stereocenters. The molecule has 1 unspecified atom stereocenters. The molecular weight excluding hydrogens is 307 g/mol. The normalized spacial score (nSPS) is 12.5. The SMILES string of the molecule is Cc1cc(C)cc(C(NN)c2cccc(F)c2Br)c1. The fourth-order valence-corrected chi connectivity index (χ4v) is 2.78. The zero-order chi connectivity index (χ0) is 14.0. The average molecular weight is 323 g/mol. The Hall–Kier alpha value is -1.23. The second-order valence-corrected chi connectivity index (χ2v) is 5.46. The van der Waals surface area contributed by atoms with E-state index in [0.29, 0.717) is 4.47 Å². The molecule has 2 aromatic carbocycles. The Kier molecular flexibility index (Phi) is 4.34. The highest BCUT2D eigenvalue weighted by molar-refractivity contribution is 9.10. The van der Waals surface area contributed by atoms with E-state index in [9.17, 15) is 4.39 Å². The molecular formula is C15H16BrFN2. The van der Waals surface area contributed by atoms with Crippen molar-refractivity contribution in [3.05, 3.63) is 68.9 Å². The van der Waals surface area contributed by atoms with Gasteiger partial charge in [0.25, 0.3) is 0 Å². The average Bonchev–Trinajstić information content (AvgIpc) is 2.34. The summed E-state index contributed by atoms with van der Waals surface area (Å²) in [4.78, 5) is 0. The summed E-state index contributed by atoms with van der Waals surface area (Å²) in [5.74, 6) is 5.37. The van der Waals surface area contributed by atoms with Crippen molar-refractivity contribution in [2.75, 3.05) is 0 Å². The number of rotatable bonds is 3. The largest absolute Gasteiger partial charge is 0.271 e. The Balaban J connectivity index is 2.53. The highest BCUT2D eigenvalue weighted by Gasteiger charge is 2.17. The van der Waals surface area contributed by atoms with E-state index in [-0.39, 0.29) is 11.9 Å². The van der Waals surface area contributed by atoms with Crippen LogP contribution in [0.15, 0.2) is 40.9 Å². The van der Waals surface area contributed by atoms with Crippen LogP contribution in [0.3, 0.4) is 0 Å². The van der Waals surface area contributed by atoms with Crippen LogP contribution >= 0.6 is 15.9 Å². The van der Waals surface area contributed by atoms with Crippen LogP contribution in [0.2, 0.25) is 0 Å². The standard InChI is InChI=1S/C15H16BrFN2/c1-9-6-10(2)8-11(7-9)15(19-18)12-4-3-5-13(17)14(12)16/h3-8,15,19H,18H2,1-2H3. The number of halogens is 2. The predicted molar refractivity (Wildman–Crippen MR) is 79.2 cm³/mol. The Morgan fingerprint density at radius 1 is 1.16 bits per heavy atom. The smallest absolute Gasteiger partial charge is 0.137 e. The van der Waals surface area contributed by atoms with Crippen molar-refractivity contribution < 1.29 is 4.39 Å². The number of hydrogen-bond acceptors (Lipinski definition) is 2. The molecule has 0 aliphatic rings. The van der Waals surface area contributed by atoms with Crippen LogP contribution in [0, 0.1) is 19.7 Å². The minimum absolute atomic E-state index is 0.247. The van der Waals surface area contributed by atoms with Gasteiger partial charge in [0.1, 0.15) is 5.82 Å². The molecule has 0 fully saturated rings. The maximum absolute atomic E-state index is 13.6. The zero-order valence-corrected chi connectivity index (χ0v) is 12.5. The number of benzene rings is 2. The lowest BCUT2D eigenvalue weighted by molar-refractivity contribution is 0.597. The zero-order valence-electron chi connectivity index (χ0n) is 10.9. The van der Waals surface area contributed by atoms with Gasteiger partial charge in [-0.2, -0.15) is 0 Å². The van der Waals surface area contributed by atoms with Crippen LogP contribution in [0.5, 0.6) is 0 Å². The Labute approximate surface area is 120 Å². The molecule has 19 heavy (non-hydrogen) atoms. The van der Waals surface area contributed by atoms with Gasteiger partial charge in [0.05, 0.1) is 10.5 Å². The third kappa shape index (κ3) is 3.03. The van der Waals surface area contributed by atoms with Gasteiger partial charge in [0, 0.05) is 0 Å². The summed E-state index contributed by atoms with van der Waals surface area (Å²) >= 11 is 3.29. The lowest BCUT2D eigenvalue weighted by Gasteiger charge is -2.19. The van der Waals surface area contributed by atoms with E-state index in [2.05, 4.69) is 39.6 Å². The lowest BCUT2D eigenvalue weighted by Crippen LogP contribution is -2.29. The van der Waals surface area contributed by atoms with Crippen LogP contribution < -0.4 is 11.3 Å². The fourth-order valence-electron chi connectivity index (χ4n) is 2.29. The molecule has 0 bridgehead atoms. The predicted octanol–water partition coefficient (Wildman–Crippen LogP) is 3.76. The topological polar surface area (TPSA) is 38.0 Å². The summed E-state index contributed by atoms with van der Waals surface area (Å²) in [6.45, 7) is 4.06. The Morgan fingerprint density at radius 2 is 1.79 bits per heavy atom. The van der Waals surface area contributed by atoms with Gasteiger partial charge in [-0.25, -0.2) is 9.82 Å². The van der Waals surface area contributed by atoms with E-state index in [1.807, 2.05) is 19.9 Å². The molecule has 2 nitrogen and oxygen atoms in total. The lowest BCUT2D eigenvalue weighted by atomic mass is 9.96. The van der Waals surface area contributed by atoms with Crippen molar-refractivity contribution in [2.24, 2.45) is 5.84 Å². The number of hydrogen-bond donors (Lipinski definition) is 2. The van der Waals surface area contributed by atoms with Crippen LogP contribution in [0.25, 0.3) is 0 Å². The minimum Gasteiger partial charge on any atom is -0.271 e. The second kappa shape index (κ2) is 5.82. The van der Waals surface area contributed by atoms with Crippen LogP contribution in [0.4, 0.5) is 4.39 Å². The number of hydrazine groups is 1. The van der Waals surface area contributed by atoms with Gasteiger partial charge in [0.15, 0.2) is 0 Å². The monoisotopic (exact) mass is 322 g/mol. The molecule has 0 saturated carbocycles. The molecule has 0 aromatic heterocycles. The molecule has 100 valence electrons. The second-order valence-electron chi connectivity index (χ2n) is 4.66. The molecule has 0 saturated heterocycles. The molecule has 0 heterocycles. The highest BCUT2D eigenvalue weighted by Crippen LogP contribution is 2.30. The van der Waals surface area contributed by atoms with Crippen molar-refractivity contribution in [1.82, 2.24) is 5.43 Å². The van der Waals surface area contributed by atoms with Gasteiger partial charge in [-0.15, -0.1) is 0 Å². The van der Waals surface area contributed by atoms with Gasteiger partial charge in [0.2, 0.25) is 0 Å². The van der Waals surface area contributed by atoms with Crippen molar-refractivity contribution >= 4 is 15.9 Å². The Bertz CT molecular complexity index is 578. The number of nitrogens with one attached hydrogen (secondary N) is 1.